The highest BCUT2D eigenvalue weighted by Gasteiger charge is 2.40. The van der Waals surface area contributed by atoms with Gasteiger partial charge < -0.3 is 10.2 Å². The molecular weight excluding hydrogens is 233 g/mol. The van der Waals surface area contributed by atoms with Crippen molar-refractivity contribution in [2.24, 2.45) is 5.92 Å². The largest absolute Gasteiger partial charge is 0.406 e. The van der Waals surface area contributed by atoms with Gasteiger partial charge in [-0.25, -0.2) is 0 Å². The molecule has 1 aliphatic heterocycles. The van der Waals surface area contributed by atoms with Crippen molar-refractivity contribution in [2.75, 3.05) is 19.6 Å². The van der Waals surface area contributed by atoms with E-state index in [0.717, 1.165) is 24.4 Å². The summed E-state index contributed by atoms with van der Waals surface area (Å²) < 4.78 is 37.1. The molecule has 2 aliphatic rings. The van der Waals surface area contributed by atoms with Crippen LogP contribution in [0, 0.1) is 5.92 Å². The number of carbonyl (C=O) groups is 1. The van der Waals surface area contributed by atoms with Gasteiger partial charge in [-0.05, 0) is 38.3 Å². The molecule has 2 fully saturated rings. The SMILES string of the molecule is O=C(CC1CCNC1)N(CC(F)(F)F)C1CC1. The third kappa shape index (κ3) is 3.87. The van der Waals surface area contributed by atoms with Crippen molar-refractivity contribution in [1.29, 1.82) is 0 Å². The summed E-state index contributed by atoms with van der Waals surface area (Å²) in [5.41, 5.74) is 0. The normalized spacial score (nSPS) is 25.0. The lowest BCUT2D eigenvalue weighted by atomic mass is 10.0. The zero-order chi connectivity index (χ0) is 12.5. The van der Waals surface area contributed by atoms with E-state index in [0.29, 0.717) is 12.8 Å². The minimum absolute atomic E-state index is 0.168. The van der Waals surface area contributed by atoms with E-state index in [1.807, 2.05) is 0 Å². The Hall–Kier alpha value is -0.780. The van der Waals surface area contributed by atoms with Gasteiger partial charge in [0.1, 0.15) is 6.54 Å². The fourth-order valence-corrected chi connectivity index (χ4v) is 2.25. The van der Waals surface area contributed by atoms with Crippen LogP contribution in [0.4, 0.5) is 13.2 Å². The maximum Gasteiger partial charge on any atom is 0.406 e. The van der Waals surface area contributed by atoms with E-state index in [4.69, 9.17) is 0 Å². The van der Waals surface area contributed by atoms with Crippen LogP contribution in [0.3, 0.4) is 0 Å². The van der Waals surface area contributed by atoms with E-state index in [2.05, 4.69) is 5.32 Å². The monoisotopic (exact) mass is 250 g/mol. The predicted octanol–water partition coefficient (Wildman–Crippen LogP) is 1.54. The van der Waals surface area contributed by atoms with Crippen LogP contribution in [0.25, 0.3) is 0 Å². The fraction of sp³-hybridized carbons (Fsp3) is 0.909. The Morgan fingerprint density at radius 1 is 1.29 bits per heavy atom. The van der Waals surface area contributed by atoms with Crippen LogP contribution in [0.2, 0.25) is 0 Å². The first-order chi connectivity index (χ1) is 7.96. The Labute approximate surface area is 98.3 Å². The zero-order valence-electron chi connectivity index (χ0n) is 9.59. The quantitative estimate of drug-likeness (QED) is 0.821. The molecule has 3 nitrogen and oxygen atoms in total. The first kappa shape index (κ1) is 12.7. The summed E-state index contributed by atoms with van der Waals surface area (Å²) in [6, 6.07) is -0.168. The Morgan fingerprint density at radius 2 is 2.00 bits per heavy atom. The fourth-order valence-electron chi connectivity index (χ4n) is 2.25. The lowest BCUT2D eigenvalue weighted by Gasteiger charge is -2.24. The molecule has 0 bridgehead atoms. The minimum atomic E-state index is -4.29. The molecule has 6 heteroatoms. The molecular formula is C11H17F3N2O. The highest BCUT2D eigenvalue weighted by atomic mass is 19.4. The summed E-state index contributed by atoms with van der Waals surface area (Å²) in [6.07, 6.45) is -1.72. The molecule has 0 spiro atoms. The topological polar surface area (TPSA) is 32.3 Å². The van der Waals surface area contributed by atoms with E-state index in [9.17, 15) is 18.0 Å². The van der Waals surface area contributed by atoms with Crippen molar-refractivity contribution in [3.05, 3.63) is 0 Å². The maximum absolute atomic E-state index is 12.4. The molecule has 1 amide bonds. The van der Waals surface area contributed by atoms with Gasteiger partial charge in [-0.15, -0.1) is 0 Å². The second kappa shape index (κ2) is 4.84. The number of amides is 1. The summed E-state index contributed by atoms with van der Waals surface area (Å²) in [5, 5.41) is 3.12. The third-order valence-electron chi connectivity index (χ3n) is 3.28. The summed E-state index contributed by atoms with van der Waals surface area (Å²) in [4.78, 5) is 12.9. The van der Waals surface area contributed by atoms with Crippen molar-refractivity contribution < 1.29 is 18.0 Å². The standard InChI is InChI=1S/C11H17F3N2O/c12-11(13,14)7-16(9-1-2-9)10(17)5-8-3-4-15-6-8/h8-9,15H,1-7H2. The molecule has 98 valence electrons. The molecule has 0 radical (unpaired) electrons. The van der Waals surface area contributed by atoms with Crippen LogP contribution < -0.4 is 5.32 Å². The number of hydrogen-bond donors (Lipinski definition) is 1. The van der Waals surface area contributed by atoms with Gasteiger partial charge >= 0.3 is 6.18 Å². The van der Waals surface area contributed by atoms with Gasteiger partial charge in [0, 0.05) is 12.5 Å². The van der Waals surface area contributed by atoms with E-state index in [1.165, 1.54) is 0 Å². The van der Waals surface area contributed by atoms with Crippen LogP contribution in [0.15, 0.2) is 0 Å². The van der Waals surface area contributed by atoms with Gasteiger partial charge in [0.2, 0.25) is 5.91 Å². The van der Waals surface area contributed by atoms with Crippen molar-refractivity contribution in [1.82, 2.24) is 10.2 Å². The zero-order valence-corrected chi connectivity index (χ0v) is 9.59. The highest BCUT2D eigenvalue weighted by Crippen LogP contribution is 2.31. The van der Waals surface area contributed by atoms with Gasteiger partial charge in [0.15, 0.2) is 0 Å². The van der Waals surface area contributed by atoms with E-state index < -0.39 is 12.7 Å². The van der Waals surface area contributed by atoms with Gasteiger partial charge in [0.05, 0.1) is 0 Å². The Kier molecular flexibility index (Phi) is 3.61. The van der Waals surface area contributed by atoms with Crippen LogP contribution in [-0.2, 0) is 4.79 Å². The summed E-state index contributed by atoms with van der Waals surface area (Å²) in [5.74, 6) is -0.129. The molecule has 1 saturated carbocycles. The van der Waals surface area contributed by atoms with E-state index in [1.54, 1.807) is 0 Å². The van der Waals surface area contributed by atoms with Gasteiger partial charge in [-0.2, -0.15) is 13.2 Å². The first-order valence-electron chi connectivity index (χ1n) is 6.02. The molecule has 1 saturated heterocycles. The molecule has 2 rings (SSSR count). The first-order valence-corrected chi connectivity index (χ1v) is 6.02. The summed E-state index contributed by atoms with van der Waals surface area (Å²) in [6.45, 7) is 0.521. The molecule has 0 aromatic heterocycles. The number of alkyl halides is 3. The Morgan fingerprint density at radius 3 is 2.47 bits per heavy atom. The van der Waals surface area contributed by atoms with Crippen molar-refractivity contribution in [3.63, 3.8) is 0 Å². The Bertz CT molecular complexity index is 283. The second-order valence-corrected chi connectivity index (χ2v) is 4.93. The number of hydrogen-bond acceptors (Lipinski definition) is 2. The van der Waals surface area contributed by atoms with Crippen molar-refractivity contribution in [2.45, 2.75) is 37.9 Å². The predicted molar refractivity (Wildman–Crippen MR) is 56.4 cm³/mol. The number of carbonyl (C=O) groups excluding carboxylic acids is 1. The second-order valence-electron chi connectivity index (χ2n) is 4.93. The average Bonchev–Trinajstić information content (AvgIpc) is 2.93. The number of nitrogens with zero attached hydrogens (tertiary/aromatic N) is 1. The van der Waals surface area contributed by atoms with Crippen molar-refractivity contribution in [3.8, 4) is 0 Å². The molecule has 1 heterocycles. The lowest BCUT2D eigenvalue weighted by molar-refractivity contribution is -0.162. The molecule has 1 N–H and O–H groups in total. The lowest BCUT2D eigenvalue weighted by Crippen LogP contribution is -2.41. The van der Waals surface area contributed by atoms with Crippen molar-refractivity contribution >= 4 is 5.91 Å². The van der Waals surface area contributed by atoms with E-state index >= 15 is 0 Å². The molecule has 1 unspecified atom stereocenters. The Balaban J connectivity index is 1.88. The average molecular weight is 250 g/mol. The molecule has 1 aliphatic carbocycles. The molecule has 17 heavy (non-hydrogen) atoms. The number of halogens is 3. The maximum atomic E-state index is 12.4. The van der Waals surface area contributed by atoms with Gasteiger partial charge in [-0.1, -0.05) is 0 Å². The summed E-state index contributed by atoms with van der Waals surface area (Å²) >= 11 is 0. The van der Waals surface area contributed by atoms with Gasteiger partial charge in [-0.3, -0.25) is 4.79 Å². The van der Waals surface area contributed by atoms with Crippen LogP contribution in [0.1, 0.15) is 25.7 Å². The number of nitrogens with one attached hydrogen (secondary N) is 1. The smallest absolute Gasteiger partial charge is 0.331 e. The third-order valence-corrected chi connectivity index (χ3v) is 3.28. The summed E-state index contributed by atoms with van der Waals surface area (Å²) in [7, 11) is 0. The van der Waals surface area contributed by atoms with Crippen LogP contribution >= 0.6 is 0 Å². The minimum Gasteiger partial charge on any atom is -0.331 e. The number of rotatable bonds is 4. The molecule has 0 aromatic rings. The van der Waals surface area contributed by atoms with Crippen LogP contribution in [-0.4, -0.2) is 42.7 Å². The molecule has 0 aromatic carbocycles. The highest BCUT2D eigenvalue weighted by molar-refractivity contribution is 5.77. The molecule has 1 atom stereocenters. The van der Waals surface area contributed by atoms with Gasteiger partial charge in [0.25, 0.3) is 0 Å². The van der Waals surface area contributed by atoms with E-state index in [-0.39, 0.29) is 24.3 Å². The van der Waals surface area contributed by atoms with Crippen LogP contribution in [0.5, 0.6) is 0 Å².